The highest BCUT2D eigenvalue weighted by molar-refractivity contribution is 5.44. The van der Waals surface area contributed by atoms with Gasteiger partial charge in [-0.1, -0.05) is 6.07 Å². The molecule has 0 saturated carbocycles. The molecular weight excluding hydrogens is 262 g/mol. The van der Waals surface area contributed by atoms with Crippen molar-refractivity contribution in [3.8, 4) is 11.5 Å². The van der Waals surface area contributed by atoms with E-state index in [0.29, 0.717) is 30.3 Å². The van der Waals surface area contributed by atoms with Gasteiger partial charge in [0, 0.05) is 6.54 Å². The van der Waals surface area contributed by atoms with Gasteiger partial charge in [-0.15, -0.1) is 0 Å². The van der Waals surface area contributed by atoms with Crippen LogP contribution in [-0.4, -0.2) is 53.8 Å². The minimum atomic E-state index is -0.811. The highest BCUT2D eigenvalue weighted by Crippen LogP contribution is 2.32. The molecule has 0 aromatic heterocycles. The van der Waals surface area contributed by atoms with Crippen LogP contribution in [0.25, 0.3) is 0 Å². The van der Waals surface area contributed by atoms with E-state index in [4.69, 9.17) is 9.47 Å². The molecule has 20 heavy (non-hydrogen) atoms. The number of fused-ring (bicyclic) bond motifs is 1. The van der Waals surface area contributed by atoms with Gasteiger partial charge in [0.25, 0.3) is 0 Å². The highest BCUT2D eigenvalue weighted by atomic mass is 16.6. The minimum Gasteiger partial charge on any atom is -0.486 e. The van der Waals surface area contributed by atoms with Gasteiger partial charge < -0.3 is 30.1 Å². The fourth-order valence-corrected chi connectivity index (χ4v) is 1.89. The summed E-state index contributed by atoms with van der Waals surface area (Å²) in [5.74, 6) is 1.30. The maximum absolute atomic E-state index is 10.2. The lowest BCUT2D eigenvalue weighted by atomic mass is 10.0. The van der Waals surface area contributed by atoms with E-state index in [1.165, 1.54) is 0 Å². The van der Waals surface area contributed by atoms with Crippen LogP contribution in [0.15, 0.2) is 18.2 Å². The standard InChI is InChI=1S/C14H21NO5/c1-14(8-16,9-17)15-7-11(18)10-2-3-12-13(6-10)20-5-4-19-12/h2-3,6,11,15-18H,4-5,7-9H2,1H3. The molecule has 1 atom stereocenters. The molecule has 1 aromatic carbocycles. The molecule has 0 radical (unpaired) electrons. The van der Waals surface area contributed by atoms with Crippen LogP contribution >= 0.6 is 0 Å². The molecule has 0 spiro atoms. The van der Waals surface area contributed by atoms with Crippen LogP contribution in [-0.2, 0) is 0 Å². The Morgan fingerprint density at radius 3 is 2.50 bits per heavy atom. The first-order chi connectivity index (χ1) is 9.58. The van der Waals surface area contributed by atoms with Gasteiger partial charge in [-0.05, 0) is 24.6 Å². The number of rotatable bonds is 6. The molecule has 6 nitrogen and oxygen atoms in total. The zero-order valence-corrected chi connectivity index (χ0v) is 11.5. The first-order valence-corrected chi connectivity index (χ1v) is 6.62. The molecule has 1 aliphatic rings. The second-order valence-electron chi connectivity index (χ2n) is 5.18. The highest BCUT2D eigenvalue weighted by Gasteiger charge is 2.23. The molecule has 0 saturated heterocycles. The summed E-state index contributed by atoms with van der Waals surface area (Å²) < 4.78 is 10.9. The Balaban J connectivity index is 2.00. The third-order valence-electron chi connectivity index (χ3n) is 3.37. The molecule has 1 aromatic rings. The average molecular weight is 283 g/mol. The van der Waals surface area contributed by atoms with Crippen molar-refractivity contribution in [3.05, 3.63) is 23.8 Å². The van der Waals surface area contributed by atoms with Crippen molar-refractivity contribution in [3.63, 3.8) is 0 Å². The number of nitrogens with one attached hydrogen (secondary N) is 1. The Morgan fingerprint density at radius 1 is 1.20 bits per heavy atom. The van der Waals surface area contributed by atoms with E-state index in [0.717, 1.165) is 0 Å². The molecule has 1 heterocycles. The zero-order valence-electron chi connectivity index (χ0n) is 11.5. The van der Waals surface area contributed by atoms with E-state index in [1.54, 1.807) is 25.1 Å². The molecule has 0 aliphatic carbocycles. The molecule has 112 valence electrons. The van der Waals surface area contributed by atoms with Crippen LogP contribution < -0.4 is 14.8 Å². The number of hydrogen-bond acceptors (Lipinski definition) is 6. The van der Waals surface area contributed by atoms with Crippen molar-refractivity contribution in [2.24, 2.45) is 0 Å². The molecule has 4 N–H and O–H groups in total. The van der Waals surface area contributed by atoms with Crippen LogP contribution in [0.3, 0.4) is 0 Å². The fourth-order valence-electron chi connectivity index (χ4n) is 1.89. The predicted molar refractivity (Wildman–Crippen MR) is 73.0 cm³/mol. The minimum absolute atomic E-state index is 0.211. The number of β-amino-alcohol motifs (C(OH)–C–C–N with tert-alkyl or cyclic N) is 1. The SMILES string of the molecule is CC(CO)(CO)NCC(O)c1ccc2c(c1)OCCO2. The Kier molecular flexibility index (Phi) is 4.82. The Labute approximate surface area is 118 Å². The number of benzene rings is 1. The normalized spacial score (nSPS) is 16.0. The van der Waals surface area contributed by atoms with Gasteiger partial charge >= 0.3 is 0 Å². The number of ether oxygens (including phenoxy) is 2. The van der Waals surface area contributed by atoms with Crippen LogP contribution in [0.5, 0.6) is 11.5 Å². The zero-order chi connectivity index (χ0) is 14.6. The lowest BCUT2D eigenvalue weighted by Gasteiger charge is -2.28. The summed E-state index contributed by atoms with van der Waals surface area (Å²) >= 11 is 0. The maximum atomic E-state index is 10.2. The van der Waals surface area contributed by atoms with E-state index in [9.17, 15) is 15.3 Å². The van der Waals surface area contributed by atoms with Crippen molar-refractivity contribution in [1.29, 1.82) is 0 Å². The summed E-state index contributed by atoms with van der Waals surface area (Å²) in [6, 6.07) is 5.29. The van der Waals surface area contributed by atoms with Crippen molar-refractivity contribution in [2.75, 3.05) is 33.0 Å². The van der Waals surface area contributed by atoms with Gasteiger partial charge in [0.15, 0.2) is 11.5 Å². The fraction of sp³-hybridized carbons (Fsp3) is 0.571. The maximum Gasteiger partial charge on any atom is 0.161 e. The molecule has 0 bridgehead atoms. The lowest BCUT2D eigenvalue weighted by Crippen LogP contribution is -2.50. The number of aliphatic hydroxyl groups is 3. The van der Waals surface area contributed by atoms with Crippen LogP contribution in [0, 0.1) is 0 Å². The lowest BCUT2D eigenvalue weighted by molar-refractivity contribution is 0.0844. The van der Waals surface area contributed by atoms with E-state index >= 15 is 0 Å². The Morgan fingerprint density at radius 2 is 1.85 bits per heavy atom. The number of hydrogen-bond donors (Lipinski definition) is 4. The topological polar surface area (TPSA) is 91.2 Å². The molecule has 0 amide bonds. The van der Waals surface area contributed by atoms with Crippen LogP contribution in [0.4, 0.5) is 0 Å². The molecule has 1 unspecified atom stereocenters. The molecule has 2 rings (SSSR count). The number of aliphatic hydroxyl groups excluding tert-OH is 3. The Hall–Kier alpha value is -1.34. The van der Waals surface area contributed by atoms with Crippen LogP contribution in [0.1, 0.15) is 18.6 Å². The first kappa shape index (κ1) is 15.1. The summed E-state index contributed by atoms with van der Waals surface area (Å²) in [7, 11) is 0. The molecule has 1 aliphatic heterocycles. The van der Waals surface area contributed by atoms with Gasteiger partial charge in [0.1, 0.15) is 13.2 Å². The van der Waals surface area contributed by atoms with Crippen molar-refractivity contribution < 1.29 is 24.8 Å². The van der Waals surface area contributed by atoms with E-state index in [2.05, 4.69) is 5.32 Å². The molecule has 0 fully saturated rings. The van der Waals surface area contributed by atoms with E-state index in [1.807, 2.05) is 0 Å². The van der Waals surface area contributed by atoms with E-state index in [-0.39, 0.29) is 19.8 Å². The van der Waals surface area contributed by atoms with Gasteiger partial charge in [0.05, 0.1) is 24.9 Å². The van der Waals surface area contributed by atoms with Crippen molar-refractivity contribution in [1.82, 2.24) is 5.32 Å². The van der Waals surface area contributed by atoms with Gasteiger partial charge in [-0.3, -0.25) is 0 Å². The summed E-state index contributed by atoms with van der Waals surface area (Å²) in [6.45, 7) is 2.51. The smallest absolute Gasteiger partial charge is 0.161 e. The third-order valence-corrected chi connectivity index (χ3v) is 3.37. The van der Waals surface area contributed by atoms with Gasteiger partial charge in [0.2, 0.25) is 0 Å². The Bertz CT molecular complexity index is 447. The van der Waals surface area contributed by atoms with Gasteiger partial charge in [-0.2, -0.15) is 0 Å². The summed E-state index contributed by atoms with van der Waals surface area (Å²) in [6.07, 6.45) is -0.761. The quantitative estimate of drug-likeness (QED) is 0.579. The molecule has 6 heteroatoms. The van der Waals surface area contributed by atoms with Crippen molar-refractivity contribution in [2.45, 2.75) is 18.6 Å². The summed E-state index contributed by atoms with van der Waals surface area (Å²) in [5, 5.41) is 31.5. The third kappa shape index (κ3) is 3.40. The predicted octanol–water partition coefficient (Wildman–Crippen LogP) is -0.176. The largest absolute Gasteiger partial charge is 0.486 e. The van der Waals surface area contributed by atoms with Crippen LogP contribution in [0.2, 0.25) is 0 Å². The monoisotopic (exact) mass is 283 g/mol. The summed E-state index contributed by atoms with van der Waals surface area (Å²) in [4.78, 5) is 0. The molecular formula is C14H21NO5. The first-order valence-electron chi connectivity index (χ1n) is 6.62. The van der Waals surface area contributed by atoms with E-state index < -0.39 is 11.6 Å². The van der Waals surface area contributed by atoms with Crippen molar-refractivity contribution >= 4 is 0 Å². The second kappa shape index (κ2) is 6.41. The summed E-state index contributed by atoms with van der Waals surface area (Å²) in [5.41, 5.74) is -0.116. The second-order valence-corrected chi connectivity index (χ2v) is 5.18. The average Bonchev–Trinajstić information content (AvgIpc) is 2.51. The van der Waals surface area contributed by atoms with Gasteiger partial charge in [-0.25, -0.2) is 0 Å².